The van der Waals surface area contributed by atoms with Crippen LogP contribution in [0.1, 0.15) is 35.1 Å². The zero-order valence-corrected chi connectivity index (χ0v) is 16.3. The summed E-state index contributed by atoms with van der Waals surface area (Å²) in [5.74, 6) is 0.562. The number of hydrogen-bond donors (Lipinski definition) is 1. The molecule has 0 aliphatic carbocycles. The fourth-order valence-corrected chi connectivity index (χ4v) is 3.07. The Morgan fingerprint density at radius 2 is 2.00 bits per heavy atom. The van der Waals surface area contributed by atoms with Crippen LogP contribution in [0.3, 0.4) is 0 Å². The lowest BCUT2D eigenvalue weighted by Crippen LogP contribution is -2.27. The highest BCUT2D eigenvalue weighted by atomic mass is 19.4. The van der Waals surface area contributed by atoms with Gasteiger partial charge in [0.05, 0.1) is 11.1 Å². The monoisotopic (exact) mass is 418 g/mol. The number of rotatable bonds is 7. The summed E-state index contributed by atoms with van der Waals surface area (Å²) in [4.78, 5) is 28.8. The van der Waals surface area contributed by atoms with Crippen molar-refractivity contribution in [3.63, 3.8) is 0 Å². The number of carbonyl (C=O) groups is 1. The molecule has 2 aromatic heterocycles. The van der Waals surface area contributed by atoms with Gasteiger partial charge in [-0.25, -0.2) is 4.98 Å². The van der Waals surface area contributed by atoms with E-state index in [2.05, 4.69) is 10.3 Å². The highest BCUT2D eigenvalue weighted by Gasteiger charge is 2.30. The molecule has 0 bridgehead atoms. The summed E-state index contributed by atoms with van der Waals surface area (Å²) in [6.45, 7) is 3.12. The van der Waals surface area contributed by atoms with Gasteiger partial charge < -0.3 is 9.88 Å². The summed E-state index contributed by atoms with van der Waals surface area (Å²) in [5.41, 5.74) is -1.17. The van der Waals surface area contributed by atoms with Gasteiger partial charge in [0.15, 0.2) is 0 Å². The Morgan fingerprint density at radius 1 is 1.20 bits per heavy atom. The van der Waals surface area contributed by atoms with Gasteiger partial charge in [-0.1, -0.05) is 13.0 Å². The molecule has 2 heterocycles. The van der Waals surface area contributed by atoms with Crippen molar-refractivity contribution in [2.75, 3.05) is 6.54 Å². The van der Waals surface area contributed by atoms with E-state index in [9.17, 15) is 22.8 Å². The second-order valence-electron chi connectivity index (χ2n) is 6.67. The molecule has 1 N–H and O–H groups in total. The van der Waals surface area contributed by atoms with E-state index >= 15 is 0 Å². The molecule has 0 fully saturated rings. The SMILES string of the molecule is CCc1nccn1CCCNC(=O)c1ccc(=O)n(-c2cccc(C(F)(F)F)c2)c1. The number of amides is 1. The van der Waals surface area contributed by atoms with E-state index in [1.54, 1.807) is 6.20 Å². The van der Waals surface area contributed by atoms with Crippen molar-refractivity contribution in [3.05, 3.63) is 82.3 Å². The Morgan fingerprint density at radius 3 is 2.73 bits per heavy atom. The number of aryl methyl sites for hydroxylation is 2. The number of benzene rings is 1. The fraction of sp³-hybridized carbons (Fsp3) is 0.286. The molecule has 1 aromatic carbocycles. The topological polar surface area (TPSA) is 68.9 Å². The Bertz CT molecular complexity index is 1090. The number of imidazole rings is 1. The van der Waals surface area contributed by atoms with Crippen LogP contribution in [-0.4, -0.2) is 26.6 Å². The van der Waals surface area contributed by atoms with Crippen LogP contribution in [0.25, 0.3) is 5.69 Å². The van der Waals surface area contributed by atoms with Crippen LogP contribution >= 0.6 is 0 Å². The number of halogens is 3. The summed E-state index contributed by atoms with van der Waals surface area (Å²) < 4.78 is 41.9. The summed E-state index contributed by atoms with van der Waals surface area (Å²) in [6, 6.07) is 6.92. The van der Waals surface area contributed by atoms with Crippen LogP contribution in [0.2, 0.25) is 0 Å². The normalized spacial score (nSPS) is 11.5. The van der Waals surface area contributed by atoms with E-state index in [4.69, 9.17) is 0 Å². The van der Waals surface area contributed by atoms with Crippen molar-refractivity contribution in [3.8, 4) is 5.69 Å². The maximum atomic E-state index is 13.0. The lowest BCUT2D eigenvalue weighted by molar-refractivity contribution is -0.137. The van der Waals surface area contributed by atoms with Gasteiger partial charge in [0.1, 0.15) is 5.82 Å². The Kier molecular flexibility index (Phi) is 6.39. The van der Waals surface area contributed by atoms with Crippen molar-refractivity contribution < 1.29 is 18.0 Å². The van der Waals surface area contributed by atoms with Gasteiger partial charge >= 0.3 is 6.18 Å². The summed E-state index contributed by atoms with van der Waals surface area (Å²) >= 11 is 0. The third kappa shape index (κ3) is 4.97. The zero-order valence-electron chi connectivity index (χ0n) is 16.3. The predicted molar refractivity (Wildman–Crippen MR) is 106 cm³/mol. The largest absolute Gasteiger partial charge is 0.416 e. The molecule has 158 valence electrons. The number of aromatic nitrogens is 3. The number of carbonyl (C=O) groups excluding carboxylic acids is 1. The highest BCUT2D eigenvalue weighted by molar-refractivity contribution is 5.93. The number of hydrogen-bond acceptors (Lipinski definition) is 3. The average Bonchev–Trinajstić information content (AvgIpc) is 3.18. The number of alkyl halides is 3. The van der Waals surface area contributed by atoms with Crippen molar-refractivity contribution >= 4 is 5.91 Å². The van der Waals surface area contributed by atoms with Gasteiger partial charge in [-0.3, -0.25) is 14.2 Å². The number of nitrogens with zero attached hydrogens (tertiary/aromatic N) is 3. The average molecular weight is 418 g/mol. The van der Waals surface area contributed by atoms with E-state index in [0.29, 0.717) is 19.5 Å². The van der Waals surface area contributed by atoms with Crippen molar-refractivity contribution in [2.24, 2.45) is 0 Å². The van der Waals surface area contributed by atoms with E-state index in [1.807, 2.05) is 17.7 Å². The van der Waals surface area contributed by atoms with Crippen LogP contribution < -0.4 is 10.9 Å². The minimum absolute atomic E-state index is 0.0386. The summed E-state index contributed by atoms with van der Waals surface area (Å²) in [6.07, 6.45) is 1.83. The Labute approximate surface area is 171 Å². The van der Waals surface area contributed by atoms with E-state index in [0.717, 1.165) is 35.0 Å². The predicted octanol–water partition coefficient (Wildman–Crippen LogP) is 3.44. The second kappa shape index (κ2) is 8.98. The van der Waals surface area contributed by atoms with Crippen molar-refractivity contribution in [2.45, 2.75) is 32.5 Å². The Hall–Kier alpha value is -3.36. The van der Waals surface area contributed by atoms with Crippen LogP contribution in [-0.2, 0) is 19.1 Å². The first-order valence-electron chi connectivity index (χ1n) is 9.48. The molecular weight excluding hydrogens is 397 g/mol. The summed E-state index contributed by atoms with van der Waals surface area (Å²) in [7, 11) is 0. The van der Waals surface area contributed by atoms with Crippen molar-refractivity contribution in [1.29, 1.82) is 0 Å². The van der Waals surface area contributed by atoms with E-state index in [1.165, 1.54) is 24.4 Å². The lowest BCUT2D eigenvalue weighted by Gasteiger charge is -2.12. The maximum Gasteiger partial charge on any atom is 0.416 e. The quantitative estimate of drug-likeness (QED) is 0.598. The minimum atomic E-state index is -4.53. The smallest absolute Gasteiger partial charge is 0.352 e. The molecule has 3 aromatic rings. The molecule has 0 unspecified atom stereocenters. The standard InChI is InChI=1S/C21H21F3N4O2/c1-2-18-25-10-12-27(18)11-4-9-26-20(30)15-7-8-19(29)28(14-15)17-6-3-5-16(13-17)21(22,23)24/h3,5-8,10,12-14H,2,4,9,11H2,1H3,(H,26,30). The third-order valence-corrected chi connectivity index (χ3v) is 4.60. The molecule has 1 amide bonds. The number of pyridine rings is 1. The summed E-state index contributed by atoms with van der Waals surface area (Å²) in [5, 5.41) is 2.76. The van der Waals surface area contributed by atoms with Crippen LogP contribution in [0.4, 0.5) is 13.2 Å². The lowest BCUT2D eigenvalue weighted by atomic mass is 10.2. The van der Waals surface area contributed by atoms with Gasteiger partial charge in [-0.15, -0.1) is 0 Å². The van der Waals surface area contributed by atoms with Crippen LogP contribution in [0.5, 0.6) is 0 Å². The van der Waals surface area contributed by atoms with E-state index < -0.39 is 23.2 Å². The van der Waals surface area contributed by atoms with Crippen LogP contribution in [0.15, 0.2) is 59.8 Å². The van der Waals surface area contributed by atoms with E-state index in [-0.39, 0.29) is 11.3 Å². The molecule has 30 heavy (non-hydrogen) atoms. The first-order chi connectivity index (χ1) is 14.3. The zero-order chi connectivity index (χ0) is 21.7. The van der Waals surface area contributed by atoms with Crippen molar-refractivity contribution in [1.82, 2.24) is 19.4 Å². The molecule has 3 rings (SSSR count). The molecule has 0 spiro atoms. The van der Waals surface area contributed by atoms with Gasteiger partial charge in [0.2, 0.25) is 0 Å². The molecule has 0 saturated heterocycles. The van der Waals surface area contributed by atoms with Gasteiger partial charge in [0, 0.05) is 49.9 Å². The molecule has 0 radical (unpaired) electrons. The Balaban J connectivity index is 1.69. The maximum absolute atomic E-state index is 13.0. The fourth-order valence-electron chi connectivity index (χ4n) is 3.07. The molecule has 6 nitrogen and oxygen atoms in total. The third-order valence-electron chi connectivity index (χ3n) is 4.60. The molecule has 0 aliphatic rings. The first-order valence-corrected chi connectivity index (χ1v) is 9.48. The van der Waals surface area contributed by atoms with Gasteiger partial charge in [0.25, 0.3) is 11.5 Å². The minimum Gasteiger partial charge on any atom is -0.352 e. The second-order valence-corrected chi connectivity index (χ2v) is 6.67. The number of nitrogens with one attached hydrogen (secondary N) is 1. The molecule has 0 saturated carbocycles. The molecule has 0 atom stereocenters. The van der Waals surface area contributed by atoms with Crippen LogP contribution in [0, 0.1) is 0 Å². The van der Waals surface area contributed by atoms with Gasteiger partial charge in [-0.05, 0) is 30.7 Å². The van der Waals surface area contributed by atoms with Gasteiger partial charge in [-0.2, -0.15) is 13.2 Å². The first kappa shape index (κ1) is 21.4. The molecular formula is C21H21F3N4O2. The molecule has 0 aliphatic heterocycles. The highest BCUT2D eigenvalue weighted by Crippen LogP contribution is 2.30. The molecule has 9 heteroatoms.